The molecule has 0 fully saturated rings. The van der Waals surface area contributed by atoms with E-state index in [1.807, 2.05) is 54.6 Å². The summed E-state index contributed by atoms with van der Waals surface area (Å²) in [4.78, 5) is 12.2. The Bertz CT molecular complexity index is 691. The first-order valence-corrected chi connectivity index (χ1v) is 7.28. The minimum Gasteiger partial charge on any atom is -0.492 e. The van der Waals surface area contributed by atoms with Gasteiger partial charge in [-0.1, -0.05) is 36.4 Å². The largest absolute Gasteiger partial charge is 0.492 e. The number of fused-ring (bicyclic) bond motifs is 1. The molecular weight excluding hydrogens is 298 g/mol. The van der Waals surface area contributed by atoms with Crippen molar-refractivity contribution in [2.45, 2.75) is 5.92 Å². The maximum Gasteiger partial charge on any atom is 0.249 e. The van der Waals surface area contributed by atoms with Crippen molar-refractivity contribution < 1.29 is 9.53 Å². The van der Waals surface area contributed by atoms with Crippen LogP contribution in [0.1, 0.15) is 11.5 Å². The van der Waals surface area contributed by atoms with Crippen LogP contribution in [0.25, 0.3) is 0 Å². The Balaban J connectivity index is 1.54. The van der Waals surface area contributed by atoms with E-state index >= 15 is 0 Å². The molecule has 0 unspecified atom stereocenters. The van der Waals surface area contributed by atoms with Gasteiger partial charge in [0, 0.05) is 11.3 Å². The molecule has 6 heteroatoms. The van der Waals surface area contributed by atoms with Gasteiger partial charge in [0.15, 0.2) is 5.11 Å². The molecule has 3 rings (SSSR count). The van der Waals surface area contributed by atoms with Crippen LogP contribution in [0, 0.1) is 0 Å². The normalized spacial score (nSPS) is 15.4. The molecule has 5 nitrogen and oxygen atoms in total. The molecule has 0 aromatic heterocycles. The van der Waals surface area contributed by atoms with Gasteiger partial charge in [0.1, 0.15) is 18.3 Å². The molecule has 1 aliphatic rings. The Morgan fingerprint density at radius 3 is 2.59 bits per heavy atom. The highest BCUT2D eigenvalue weighted by molar-refractivity contribution is 7.80. The Morgan fingerprint density at radius 1 is 1.05 bits per heavy atom. The van der Waals surface area contributed by atoms with Crippen LogP contribution in [0.3, 0.4) is 0 Å². The summed E-state index contributed by atoms with van der Waals surface area (Å²) in [6.45, 7) is 0.339. The highest BCUT2D eigenvalue weighted by atomic mass is 32.1. The number of thiocarbonyl (C=S) groups is 1. The van der Waals surface area contributed by atoms with E-state index in [2.05, 4.69) is 16.2 Å². The molecule has 0 bridgehead atoms. The van der Waals surface area contributed by atoms with Crippen molar-refractivity contribution >= 4 is 28.9 Å². The highest BCUT2D eigenvalue weighted by Crippen LogP contribution is 2.33. The molecule has 0 radical (unpaired) electrons. The van der Waals surface area contributed by atoms with Gasteiger partial charge in [-0.15, -0.1) is 0 Å². The lowest BCUT2D eigenvalue weighted by molar-refractivity contribution is -0.123. The van der Waals surface area contributed by atoms with Crippen LogP contribution in [0.15, 0.2) is 54.6 Å². The number of carbonyl (C=O) groups is 1. The second-order valence-electron chi connectivity index (χ2n) is 4.84. The summed E-state index contributed by atoms with van der Waals surface area (Å²) in [6.07, 6.45) is 0. The topological polar surface area (TPSA) is 62.4 Å². The number of ether oxygens (including phenoxy) is 1. The number of rotatable bonds is 2. The number of anilines is 1. The molecule has 0 spiro atoms. The van der Waals surface area contributed by atoms with E-state index in [-0.39, 0.29) is 11.8 Å². The van der Waals surface area contributed by atoms with Gasteiger partial charge in [-0.05, 0) is 30.4 Å². The zero-order valence-electron chi connectivity index (χ0n) is 11.7. The average molecular weight is 313 g/mol. The zero-order chi connectivity index (χ0) is 15.4. The Hall–Kier alpha value is -2.60. The fourth-order valence-corrected chi connectivity index (χ4v) is 2.44. The lowest BCUT2D eigenvalue weighted by atomic mass is 10.0. The molecule has 0 aliphatic carbocycles. The lowest BCUT2D eigenvalue weighted by Crippen LogP contribution is -2.46. The number of nitrogens with one attached hydrogen (secondary N) is 3. The number of amides is 1. The summed E-state index contributed by atoms with van der Waals surface area (Å²) in [5.74, 6) is 0.248. The Labute approximate surface area is 133 Å². The number of para-hydroxylation sites is 2. The second-order valence-corrected chi connectivity index (χ2v) is 5.24. The summed E-state index contributed by atoms with van der Waals surface area (Å²) in [5.41, 5.74) is 7.06. The van der Waals surface area contributed by atoms with E-state index < -0.39 is 0 Å². The summed E-state index contributed by atoms with van der Waals surface area (Å²) in [7, 11) is 0. The molecule has 1 atom stereocenters. The lowest BCUT2D eigenvalue weighted by Gasteiger charge is -2.14. The van der Waals surface area contributed by atoms with Gasteiger partial charge in [-0.25, -0.2) is 0 Å². The molecule has 1 aliphatic heterocycles. The van der Waals surface area contributed by atoms with Crippen molar-refractivity contribution in [2.75, 3.05) is 11.9 Å². The third-order valence-corrected chi connectivity index (χ3v) is 3.55. The van der Waals surface area contributed by atoms with E-state index in [1.165, 1.54) is 0 Å². The summed E-state index contributed by atoms with van der Waals surface area (Å²) < 4.78 is 5.50. The van der Waals surface area contributed by atoms with E-state index in [0.717, 1.165) is 17.0 Å². The van der Waals surface area contributed by atoms with Crippen molar-refractivity contribution in [1.29, 1.82) is 0 Å². The van der Waals surface area contributed by atoms with Crippen molar-refractivity contribution in [2.24, 2.45) is 0 Å². The van der Waals surface area contributed by atoms with Crippen molar-refractivity contribution in [3.8, 4) is 5.75 Å². The minimum atomic E-state index is -0.330. The number of hydrazine groups is 1. The molecule has 2 aromatic carbocycles. The molecule has 1 amide bonds. The van der Waals surface area contributed by atoms with Crippen molar-refractivity contribution in [1.82, 2.24) is 10.9 Å². The van der Waals surface area contributed by atoms with Gasteiger partial charge in [0.05, 0.1) is 0 Å². The second kappa shape index (κ2) is 6.44. The van der Waals surface area contributed by atoms with Gasteiger partial charge in [0.2, 0.25) is 5.91 Å². The first-order chi connectivity index (χ1) is 10.7. The van der Waals surface area contributed by atoms with E-state index in [9.17, 15) is 4.79 Å². The predicted molar refractivity (Wildman–Crippen MR) is 88.6 cm³/mol. The number of carbonyl (C=O) groups excluding carboxylic acids is 1. The van der Waals surface area contributed by atoms with E-state index in [1.54, 1.807) is 0 Å². The third-order valence-electron chi connectivity index (χ3n) is 3.35. The standard InChI is InChI=1S/C16H15N3O2S/c20-15(13-10-21-14-9-5-4-8-12(13)14)18-19-16(22)17-11-6-2-1-3-7-11/h1-9,13H,10H2,(H,18,20)(H2,17,19,22)/t13-/m0/s1. The maximum atomic E-state index is 12.2. The average Bonchev–Trinajstić information content (AvgIpc) is 2.98. The first-order valence-electron chi connectivity index (χ1n) is 6.87. The van der Waals surface area contributed by atoms with Crippen LogP contribution in [-0.4, -0.2) is 17.6 Å². The highest BCUT2D eigenvalue weighted by Gasteiger charge is 2.29. The monoisotopic (exact) mass is 313 g/mol. The molecule has 22 heavy (non-hydrogen) atoms. The summed E-state index contributed by atoms with van der Waals surface area (Å²) in [5, 5.41) is 3.31. The molecule has 3 N–H and O–H groups in total. The zero-order valence-corrected chi connectivity index (χ0v) is 12.5. The fraction of sp³-hybridized carbons (Fsp3) is 0.125. The van der Waals surface area contributed by atoms with Crippen LogP contribution in [0.2, 0.25) is 0 Å². The first kappa shape index (κ1) is 14.3. The Kier molecular flexibility index (Phi) is 4.20. The van der Waals surface area contributed by atoms with Crippen LogP contribution in [0.4, 0.5) is 5.69 Å². The summed E-state index contributed by atoms with van der Waals surface area (Å²) >= 11 is 5.14. The van der Waals surface area contributed by atoms with Crippen LogP contribution >= 0.6 is 12.2 Å². The number of hydrogen-bond donors (Lipinski definition) is 3. The van der Waals surface area contributed by atoms with Crippen LogP contribution in [-0.2, 0) is 4.79 Å². The number of benzene rings is 2. The molecule has 112 valence electrons. The van der Waals surface area contributed by atoms with Gasteiger partial charge in [0.25, 0.3) is 0 Å². The van der Waals surface area contributed by atoms with Crippen LogP contribution in [0.5, 0.6) is 5.75 Å². The molecule has 0 saturated heterocycles. The van der Waals surface area contributed by atoms with Crippen molar-refractivity contribution in [3.05, 3.63) is 60.2 Å². The smallest absolute Gasteiger partial charge is 0.249 e. The maximum absolute atomic E-state index is 12.2. The Morgan fingerprint density at radius 2 is 1.77 bits per heavy atom. The minimum absolute atomic E-state index is 0.179. The quantitative estimate of drug-likeness (QED) is 0.586. The van der Waals surface area contributed by atoms with E-state index in [4.69, 9.17) is 17.0 Å². The van der Waals surface area contributed by atoms with Crippen LogP contribution < -0.4 is 20.9 Å². The molecule has 2 aromatic rings. The van der Waals surface area contributed by atoms with Gasteiger partial charge >= 0.3 is 0 Å². The molecule has 1 heterocycles. The molecule has 0 saturated carbocycles. The van der Waals surface area contributed by atoms with Gasteiger partial charge < -0.3 is 10.1 Å². The molecular formula is C16H15N3O2S. The summed E-state index contributed by atoms with van der Waals surface area (Å²) in [6, 6.07) is 17.0. The van der Waals surface area contributed by atoms with Gasteiger partial charge in [-0.3, -0.25) is 15.6 Å². The van der Waals surface area contributed by atoms with Gasteiger partial charge in [-0.2, -0.15) is 0 Å². The third kappa shape index (κ3) is 3.17. The SMILES string of the molecule is O=C(NNC(=S)Nc1ccccc1)[C@H]1COc2ccccc21. The fourth-order valence-electron chi connectivity index (χ4n) is 2.27. The van der Waals surface area contributed by atoms with E-state index in [0.29, 0.717) is 11.7 Å². The number of hydrogen-bond acceptors (Lipinski definition) is 3. The van der Waals surface area contributed by atoms with Crippen molar-refractivity contribution in [3.63, 3.8) is 0 Å². The predicted octanol–water partition coefficient (Wildman–Crippen LogP) is 2.18.